The summed E-state index contributed by atoms with van der Waals surface area (Å²) in [6.07, 6.45) is 14.5. The molecule has 1 aliphatic rings. The summed E-state index contributed by atoms with van der Waals surface area (Å²) >= 11 is 0. The summed E-state index contributed by atoms with van der Waals surface area (Å²) in [5, 5.41) is 0. The highest BCUT2D eigenvalue weighted by atomic mass is 16.5. The molecule has 1 saturated carbocycles. The second-order valence-corrected chi connectivity index (χ2v) is 6.37. The third kappa shape index (κ3) is 5.22. The minimum absolute atomic E-state index is 0.717. The molecule has 0 spiro atoms. The Morgan fingerprint density at radius 1 is 1.05 bits per heavy atom. The predicted molar refractivity (Wildman–Crippen MR) is 90.5 cm³/mol. The van der Waals surface area contributed by atoms with Crippen molar-refractivity contribution in [1.29, 1.82) is 0 Å². The molecule has 0 amide bonds. The lowest BCUT2D eigenvalue weighted by Gasteiger charge is -2.27. The fraction of sp³-hybridized carbons (Fsp3) is 0.600. The van der Waals surface area contributed by atoms with Crippen LogP contribution in [0.2, 0.25) is 0 Å². The van der Waals surface area contributed by atoms with Gasteiger partial charge in [-0.15, -0.1) is 0 Å². The van der Waals surface area contributed by atoms with E-state index in [-0.39, 0.29) is 0 Å². The predicted octanol–water partition coefficient (Wildman–Crippen LogP) is 5.85. The summed E-state index contributed by atoms with van der Waals surface area (Å²) in [5.41, 5.74) is 3.05. The van der Waals surface area contributed by atoms with Crippen LogP contribution in [0.3, 0.4) is 0 Å². The number of unbranched alkanes of at least 4 members (excludes halogenated alkanes) is 2. The summed E-state index contributed by atoms with van der Waals surface area (Å²) in [4.78, 5) is 0. The first-order chi connectivity index (χ1) is 10.3. The first kappa shape index (κ1) is 16.1. The van der Waals surface area contributed by atoms with Gasteiger partial charge in [0.15, 0.2) is 0 Å². The Morgan fingerprint density at radius 2 is 1.76 bits per heavy atom. The molecule has 0 aliphatic heterocycles. The van der Waals surface area contributed by atoms with Gasteiger partial charge in [-0.25, -0.2) is 0 Å². The van der Waals surface area contributed by atoms with Gasteiger partial charge in [0.1, 0.15) is 0 Å². The van der Waals surface area contributed by atoms with Crippen molar-refractivity contribution in [2.24, 2.45) is 5.92 Å². The Morgan fingerprint density at radius 3 is 2.38 bits per heavy atom. The van der Waals surface area contributed by atoms with Gasteiger partial charge in [-0.3, -0.25) is 0 Å². The maximum absolute atomic E-state index is 5.03. The van der Waals surface area contributed by atoms with Gasteiger partial charge in [0.25, 0.3) is 0 Å². The number of hydrogen-bond donors (Lipinski definition) is 0. The highest BCUT2D eigenvalue weighted by molar-refractivity contribution is 5.26. The summed E-state index contributed by atoms with van der Waals surface area (Å²) in [5.74, 6) is 1.48. The summed E-state index contributed by atoms with van der Waals surface area (Å²) < 4.78 is 5.03. The molecule has 0 atom stereocenters. The Bertz CT molecular complexity index is 410. The van der Waals surface area contributed by atoms with E-state index >= 15 is 0 Å². The molecular weight excluding hydrogens is 256 g/mol. The third-order valence-corrected chi connectivity index (χ3v) is 4.78. The van der Waals surface area contributed by atoms with Gasteiger partial charge in [-0.05, 0) is 67.6 Å². The van der Waals surface area contributed by atoms with Crippen molar-refractivity contribution in [3.05, 3.63) is 47.7 Å². The first-order valence-corrected chi connectivity index (χ1v) is 8.61. The molecule has 0 radical (unpaired) electrons. The molecule has 1 aromatic rings. The molecule has 0 N–H and O–H groups in total. The van der Waals surface area contributed by atoms with E-state index in [1.807, 2.05) is 6.26 Å². The van der Waals surface area contributed by atoms with Crippen molar-refractivity contribution in [2.45, 2.75) is 64.2 Å². The molecule has 0 saturated heterocycles. The van der Waals surface area contributed by atoms with Gasteiger partial charge in [-0.1, -0.05) is 44.0 Å². The number of hydrogen-bond acceptors (Lipinski definition) is 1. The number of methoxy groups -OCH3 is 1. The topological polar surface area (TPSA) is 9.23 Å². The maximum Gasteiger partial charge on any atom is 0.0787 e. The average Bonchev–Trinajstić information content (AvgIpc) is 2.54. The maximum atomic E-state index is 5.03. The SMILES string of the molecule is CCCCCc1ccc(C2CCC(/C=C/OC)CC2)cc1. The van der Waals surface area contributed by atoms with Crippen molar-refractivity contribution in [3.8, 4) is 0 Å². The highest BCUT2D eigenvalue weighted by Gasteiger charge is 2.20. The van der Waals surface area contributed by atoms with Crippen molar-refractivity contribution in [3.63, 3.8) is 0 Å². The largest absolute Gasteiger partial charge is 0.505 e. The van der Waals surface area contributed by atoms with Crippen molar-refractivity contribution >= 4 is 0 Å². The summed E-state index contributed by atoms with van der Waals surface area (Å²) in [6.45, 7) is 2.27. The Balaban J connectivity index is 1.82. The molecule has 1 aliphatic carbocycles. The van der Waals surface area contributed by atoms with Crippen LogP contribution in [0.1, 0.15) is 68.9 Å². The molecule has 1 aromatic carbocycles. The molecule has 1 fully saturated rings. The van der Waals surface area contributed by atoms with Crippen LogP contribution in [0.25, 0.3) is 0 Å². The first-order valence-electron chi connectivity index (χ1n) is 8.61. The second kappa shape index (κ2) is 8.92. The van der Waals surface area contributed by atoms with Crippen molar-refractivity contribution in [2.75, 3.05) is 7.11 Å². The van der Waals surface area contributed by atoms with Crippen molar-refractivity contribution in [1.82, 2.24) is 0 Å². The molecule has 1 heteroatoms. The minimum atomic E-state index is 0.717. The number of benzene rings is 1. The van der Waals surface area contributed by atoms with Crippen LogP contribution in [-0.2, 0) is 11.2 Å². The van der Waals surface area contributed by atoms with E-state index in [0.29, 0.717) is 0 Å². The molecule has 0 heterocycles. The van der Waals surface area contributed by atoms with E-state index < -0.39 is 0 Å². The van der Waals surface area contributed by atoms with Crippen LogP contribution in [0.4, 0.5) is 0 Å². The third-order valence-electron chi connectivity index (χ3n) is 4.78. The van der Waals surface area contributed by atoms with Gasteiger partial charge in [0.05, 0.1) is 13.4 Å². The number of aryl methyl sites for hydroxylation is 1. The summed E-state index contributed by atoms with van der Waals surface area (Å²) in [6, 6.07) is 9.44. The van der Waals surface area contributed by atoms with Crippen LogP contribution in [-0.4, -0.2) is 7.11 Å². The number of rotatable bonds is 7. The van der Waals surface area contributed by atoms with E-state index in [9.17, 15) is 0 Å². The van der Waals surface area contributed by atoms with Gasteiger partial charge in [0, 0.05) is 0 Å². The van der Waals surface area contributed by atoms with Gasteiger partial charge in [-0.2, -0.15) is 0 Å². The molecule has 0 aromatic heterocycles. The average molecular weight is 286 g/mol. The molecule has 1 nitrogen and oxygen atoms in total. The Kier molecular flexibility index (Phi) is 6.85. The Labute approximate surface area is 130 Å². The van der Waals surface area contributed by atoms with E-state index in [1.165, 1.54) is 56.9 Å². The fourth-order valence-electron chi connectivity index (χ4n) is 3.37. The van der Waals surface area contributed by atoms with E-state index in [0.717, 1.165) is 11.8 Å². The van der Waals surface area contributed by atoms with Gasteiger partial charge >= 0.3 is 0 Å². The van der Waals surface area contributed by atoms with Crippen molar-refractivity contribution < 1.29 is 4.74 Å². The standard InChI is InChI=1S/C20H30O/c1-3-4-5-6-17-7-11-19(12-8-17)20-13-9-18(10-14-20)15-16-21-2/h7-8,11-12,15-16,18,20H,3-6,9-10,13-14H2,1-2H3/b16-15+. The van der Waals surface area contributed by atoms with Gasteiger partial charge in [0.2, 0.25) is 0 Å². The molecular formula is C20H30O. The van der Waals surface area contributed by atoms with Crippen LogP contribution >= 0.6 is 0 Å². The van der Waals surface area contributed by atoms with Crippen LogP contribution in [0.15, 0.2) is 36.6 Å². The number of allylic oxidation sites excluding steroid dienone is 1. The molecule has 116 valence electrons. The Hall–Kier alpha value is -1.24. The lowest BCUT2D eigenvalue weighted by molar-refractivity contribution is 0.322. The van der Waals surface area contributed by atoms with E-state index in [1.54, 1.807) is 12.7 Å². The minimum Gasteiger partial charge on any atom is -0.505 e. The van der Waals surface area contributed by atoms with Crippen LogP contribution in [0, 0.1) is 5.92 Å². The molecule has 21 heavy (non-hydrogen) atoms. The normalized spacial score (nSPS) is 22.6. The van der Waals surface area contributed by atoms with E-state index in [4.69, 9.17) is 4.74 Å². The fourth-order valence-corrected chi connectivity index (χ4v) is 3.37. The van der Waals surface area contributed by atoms with Gasteiger partial charge < -0.3 is 4.74 Å². The monoisotopic (exact) mass is 286 g/mol. The summed E-state index contributed by atoms with van der Waals surface area (Å²) in [7, 11) is 1.73. The zero-order chi connectivity index (χ0) is 14.9. The number of ether oxygens (including phenoxy) is 1. The molecule has 0 unspecified atom stereocenters. The second-order valence-electron chi connectivity index (χ2n) is 6.37. The quantitative estimate of drug-likeness (QED) is 0.451. The smallest absolute Gasteiger partial charge is 0.0787 e. The lowest BCUT2D eigenvalue weighted by atomic mass is 9.78. The van der Waals surface area contributed by atoms with Crippen LogP contribution < -0.4 is 0 Å². The zero-order valence-electron chi connectivity index (χ0n) is 13.7. The highest BCUT2D eigenvalue weighted by Crippen LogP contribution is 2.36. The van der Waals surface area contributed by atoms with Crippen LogP contribution in [0.5, 0.6) is 0 Å². The zero-order valence-corrected chi connectivity index (χ0v) is 13.7. The van der Waals surface area contributed by atoms with E-state index in [2.05, 4.69) is 37.3 Å². The molecule has 0 bridgehead atoms. The lowest BCUT2D eigenvalue weighted by Crippen LogP contribution is -2.11. The molecule has 2 rings (SSSR count).